The molecular formula is C10H12O3S. The molecule has 0 spiro atoms. The van der Waals surface area contributed by atoms with Gasteiger partial charge in [0.15, 0.2) is 9.84 Å². The Morgan fingerprint density at radius 3 is 2.64 bits per heavy atom. The highest BCUT2D eigenvalue weighted by Gasteiger charge is 2.13. The van der Waals surface area contributed by atoms with Gasteiger partial charge in [-0.15, -0.1) is 0 Å². The first-order chi connectivity index (χ1) is 6.56. The molecule has 4 heteroatoms. The predicted molar refractivity (Wildman–Crippen MR) is 53.9 cm³/mol. The van der Waals surface area contributed by atoms with Crippen molar-refractivity contribution in [3.8, 4) is 0 Å². The van der Waals surface area contributed by atoms with E-state index in [-0.39, 0.29) is 12.2 Å². The molecule has 0 aliphatic carbocycles. The van der Waals surface area contributed by atoms with Gasteiger partial charge in [0, 0.05) is 6.42 Å². The van der Waals surface area contributed by atoms with Crippen LogP contribution in [0.5, 0.6) is 0 Å². The van der Waals surface area contributed by atoms with Crippen LogP contribution in [-0.4, -0.2) is 20.5 Å². The van der Waals surface area contributed by atoms with Crippen molar-refractivity contribution < 1.29 is 13.2 Å². The van der Waals surface area contributed by atoms with Crippen molar-refractivity contribution in [1.82, 2.24) is 0 Å². The van der Waals surface area contributed by atoms with Crippen LogP contribution in [0.15, 0.2) is 29.2 Å². The summed E-state index contributed by atoms with van der Waals surface area (Å²) in [6, 6.07) is 6.69. The molecular weight excluding hydrogens is 200 g/mol. The summed E-state index contributed by atoms with van der Waals surface area (Å²) in [5.74, 6) is -0.111. The van der Waals surface area contributed by atoms with E-state index in [9.17, 15) is 13.2 Å². The maximum Gasteiger partial charge on any atom is 0.178 e. The van der Waals surface area contributed by atoms with Crippen LogP contribution in [0.1, 0.15) is 12.0 Å². The van der Waals surface area contributed by atoms with Crippen LogP contribution in [0.3, 0.4) is 0 Å². The Morgan fingerprint density at radius 2 is 2.07 bits per heavy atom. The standard InChI is InChI=1S/C10H12O3S/c1-9-4-2-5-10(8-9)14(12,13)7-3-6-11/h2,4-6,8H,3,7H2,1H3. The number of hydrogen-bond donors (Lipinski definition) is 0. The second-order valence-electron chi connectivity index (χ2n) is 3.09. The zero-order chi connectivity index (χ0) is 10.6. The van der Waals surface area contributed by atoms with Gasteiger partial charge in [0.1, 0.15) is 6.29 Å². The molecule has 1 rings (SSSR count). The van der Waals surface area contributed by atoms with Crippen molar-refractivity contribution >= 4 is 16.1 Å². The van der Waals surface area contributed by atoms with Crippen LogP contribution < -0.4 is 0 Å². The summed E-state index contributed by atoms with van der Waals surface area (Å²) in [7, 11) is -3.28. The fourth-order valence-electron chi connectivity index (χ4n) is 1.13. The number of carbonyl (C=O) groups is 1. The Balaban J connectivity index is 2.98. The van der Waals surface area contributed by atoms with Gasteiger partial charge in [0.05, 0.1) is 10.6 Å². The summed E-state index contributed by atoms with van der Waals surface area (Å²) >= 11 is 0. The molecule has 0 aliphatic rings. The van der Waals surface area contributed by atoms with Crippen molar-refractivity contribution in [3.63, 3.8) is 0 Å². The Morgan fingerprint density at radius 1 is 1.36 bits per heavy atom. The Hall–Kier alpha value is -1.16. The molecule has 0 saturated carbocycles. The molecule has 3 nitrogen and oxygen atoms in total. The highest BCUT2D eigenvalue weighted by Crippen LogP contribution is 2.13. The molecule has 0 N–H and O–H groups in total. The highest BCUT2D eigenvalue weighted by atomic mass is 32.2. The van der Waals surface area contributed by atoms with Gasteiger partial charge in [-0.1, -0.05) is 12.1 Å². The zero-order valence-electron chi connectivity index (χ0n) is 7.93. The third-order valence-electron chi connectivity index (χ3n) is 1.85. The topological polar surface area (TPSA) is 51.2 Å². The highest BCUT2D eigenvalue weighted by molar-refractivity contribution is 7.91. The first-order valence-corrected chi connectivity index (χ1v) is 5.94. The normalized spacial score (nSPS) is 11.2. The Bertz CT molecular complexity index is 421. The third kappa shape index (κ3) is 2.67. The van der Waals surface area contributed by atoms with Gasteiger partial charge in [-0.3, -0.25) is 0 Å². The SMILES string of the molecule is Cc1cccc(S(=O)(=O)CCC=O)c1. The summed E-state index contributed by atoms with van der Waals surface area (Å²) in [6.07, 6.45) is 0.670. The van der Waals surface area contributed by atoms with Gasteiger partial charge in [-0.25, -0.2) is 8.42 Å². The van der Waals surface area contributed by atoms with E-state index in [1.54, 1.807) is 18.2 Å². The minimum atomic E-state index is -3.28. The number of aryl methyl sites for hydroxylation is 1. The van der Waals surface area contributed by atoms with Crippen molar-refractivity contribution in [1.29, 1.82) is 0 Å². The average molecular weight is 212 g/mol. The number of carbonyl (C=O) groups excluding carboxylic acids is 1. The minimum Gasteiger partial charge on any atom is -0.303 e. The Kier molecular flexibility index (Phi) is 3.41. The lowest BCUT2D eigenvalue weighted by molar-refractivity contribution is -0.107. The lowest BCUT2D eigenvalue weighted by atomic mass is 10.2. The second-order valence-corrected chi connectivity index (χ2v) is 5.20. The monoisotopic (exact) mass is 212 g/mol. The van der Waals surface area contributed by atoms with E-state index in [0.29, 0.717) is 11.2 Å². The van der Waals surface area contributed by atoms with Crippen LogP contribution in [0.25, 0.3) is 0 Å². The molecule has 0 heterocycles. The molecule has 0 saturated heterocycles. The van der Waals surface area contributed by atoms with Crippen molar-refractivity contribution in [2.45, 2.75) is 18.2 Å². The van der Waals surface area contributed by atoms with Gasteiger partial charge in [0.25, 0.3) is 0 Å². The largest absolute Gasteiger partial charge is 0.303 e. The van der Waals surface area contributed by atoms with E-state index in [0.717, 1.165) is 5.56 Å². The molecule has 0 atom stereocenters. The van der Waals surface area contributed by atoms with Crippen molar-refractivity contribution in [3.05, 3.63) is 29.8 Å². The summed E-state index contributed by atoms with van der Waals surface area (Å²) in [6.45, 7) is 1.83. The summed E-state index contributed by atoms with van der Waals surface area (Å²) in [5, 5.41) is 0. The van der Waals surface area contributed by atoms with E-state index in [2.05, 4.69) is 0 Å². The molecule has 0 fully saturated rings. The lowest BCUT2D eigenvalue weighted by Gasteiger charge is -2.02. The number of benzene rings is 1. The second kappa shape index (κ2) is 4.37. The maximum atomic E-state index is 11.6. The van der Waals surface area contributed by atoms with Gasteiger partial charge in [-0.05, 0) is 24.6 Å². The smallest absolute Gasteiger partial charge is 0.178 e. The number of rotatable bonds is 4. The van der Waals surface area contributed by atoms with Gasteiger partial charge in [0.2, 0.25) is 0 Å². The third-order valence-corrected chi connectivity index (χ3v) is 3.60. The fourth-order valence-corrected chi connectivity index (χ4v) is 2.42. The van der Waals surface area contributed by atoms with Crippen LogP contribution in [0.2, 0.25) is 0 Å². The van der Waals surface area contributed by atoms with Gasteiger partial charge in [-0.2, -0.15) is 0 Å². The molecule has 0 aromatic heterocycles. The lowest BCUT2D eigenvalue weighted by Crippen LogP contribution is -2.07. The van der Waals surface area contributed by atoms with E-state index < -0.39 is 9.84 Å². The van der Waals surface area contributed by atoms with Crippen molar-refractivity contribution in [2.75, 3.05) is 5.75 Å². The summed E-state index contributed by atoms with van der Waals surface area (Å²) < 4.78 is 23.2. The van der Waals surface area contributed by atoms with Crippen LogP contribution in [-0.2, 0) is 14.6 Å². The molecule has 0 aliphatic heterocycles. The van der Waals surface area contributed by atoms with E-state index >= 15 is 0 Å². The molecule has 0 unspecified atom stereocenters. The van der Waals surface area contributed by atoms with Crippen LogP contribution in [0.4, 0.5) is 0 Å². The molecule has 0 bridgehead atoms. The van der Waals surface area contributed by atoms with Crippen molar-refractivity contribution in [2.24, 2.45) is 0 Å². The molecule has 14 heavy (non-hydrogen) atoms. The first kappa shape index (κ1) is 10.9. The zero-order valence-corrected chi connectivity index (χ0v) is 8.75. The summed E-state index contributed by atoms with van der Waals surface area (Å²) in [5.41, 5.74) is 0.900. The molecule has 0 amide bonds. The fraction of sp³-hybridized carbons (Fsp3) is 0.300. The quantitative estimate of drug-likeness (QED) is 0.708. The van der Waals surface area contributed by atoms with Gasteiger partial charge < -0.3 is 4.79 Å². The maximum absolute atomic E-state index is 11.6. The van der Waals surface area contributed by atoms with Crippen LogP contribution in [0, 0.1) is 6.92 Å². The van der Waals surface area contributed by atoms with E-state index in [4.69, 9.17) is 0 Å². The van der Waals surface area contributed by atoms with Gasteiger partial charge >= 0.3 is 0 Å². The number of hydrogen-bond acceptors (Lipinski definition) is 3. The molecule has 1 aromatic rings. The minimum absolute atomic E-state index is 0.0519. The predicted octanol–water partition coefficient (Wildman–Crippen LogP) is 1.36. The Labute approximate surface area is 83.7 Å². The van der Waals surface area contributed by atoms with E-state index in [1.807, 2.05) is 13.0 Å². The first-order valence-electron chi connectivity index (χ1n) is 4.29. The number of sulfone groups is 1. The molecule has 76 valence electrons. The number of aldehydes is 1. The molecule has 1 aromatic carbocycles. The van der Waals surface area contributed by atoms with Crippen LogP contribution >= 0.6 is 0 Å². The average Bonchev–Trinajstić information content (AvgIpc) is 2.15. The summed E-state index contributed by atoms with van der Waals surface area (Å²) in [4.78, 5) is 10.4. The van der Waals surface area contributed by atoms with E-state index in [1.165, 1.54) is 0 Å². The molecule has 0 radical (unpaired) electrons.